The number of hydrogen-bond donors (Lipinski definition) is 4. The molecule has 152 valence electrons. The molecule has 0 aliphatic rings. The maximum Gasteiger partial charge on any atom is 0.269 e. The van der Waals surface area contributed by atoms with Gasteiger partial charge in [0, 0.05) is 35.0 Å². The summed E-state index contributed by atoms with van der Waals surface area (Å²) in [5.41, 5.74) is 2.36. The minimum atomic E-state index is -0.251. The lowest BCUT2D eigenvalue weighted by atomic mass is 10.1. The van der Waals surface area contributed by atoms with Crippen LogP contribution in [0.3, 0.4) is 0 Å². The molecule has 0 bridgehead atoms. The first-order chi connectivity index (χ1) is 15.2. The molecule has 8 nitrogen and oxygen atoms in total. The number of aromatic nitrogens is 4. The number of amides is 1. The first-order valence-electron chi connectivity index (χ1n) is 9.73. The number of benzene rings is 2. The summed E-state index contributed by atoms with van der Waals surface area (Å²) >= 11 is 0. The Kier molecular flexibility index (Phi) is 4.64. The van der Waals surface area contributed by atoms with Gasteiger partial charge >= 0.3 is 0 Å². The van der Waals surface area contributed by atoms with Crippen molar-refractivity contribution in [2.75, 3.05) is 5.32 Å². The van der Waals surface area contributed by atoms with Gasteiger partial charge in [-0.1, -0.05) is 48.5 Å². The van der Waals surface area contributed by atoms with E-state index in [2.05, 4.69) is 30.8 Å². The molecule has 8 heteroatoms. The van der Waals surface area contributed by atoms with Gasteiger partial charge in [0.15, 0.2) is 5.82 Å². The lowest BCUT2D eigenvalue weighted by Gasteiger charge is -2.09. The second-order valence-corrected chi connectivity index (χ2v) is 7.04. The third kappa shape index (κ3) is 3.62. The molecule has 2 aromatic carbocycles. The van der Waals surface area contributed by atoms with E-state index in [1.807, 2.05) is 48.5 Å². The van der Waals surface area contributed by atoms with Crippen LogP contribution >= 0.6 is 0 Å². The zero-order valence-corrected chi connectivity index (χ0v) is 16.3. The Morgan fingerprint density at radius 2 is 1.74 bits per heavy atom. The molecule has 3 heterocycles. The van der Waals surface area contributed by atoms with Crippen LogP contribution in [0.2, 0.25) is 0 Å². The van der Waals surface area contributed by atoms with E-state index in [-0.39, 0.29) is 11.5 Å². The lowest BCUT2D eigenvalue weighted by Crippen LogP contribution is -2.23. The Balaban J connectivity index is 1.42. The Hall–Kier alpha value is -4.46. The predicted octanol–water partition coefficient (Wildman–Crippen LogP) is 3.47. The molecule has 0 saturated carbocycles. The molecule has 0 atom stereocenters. The Morgan fingerprint density at radius 3 is 2.58 bits per heavy atom. The highest BCUT2D eigenvalue weighted by atomic mass is 16.2. The fourth-order valence-corrected chi connectivity index (χ4v) is 3.52. The Morgan fingerprint density at radius 1 is 0.968 bits per heavy atom. The second kappa shape index (κ2) is 7.75. The average Bonchev–Trinajstić information content (AvgIpc) is 3.27. The van der Waals surface area contributed by atoms with Crippen LogP contribution < -0.4 is 16.2 Å². The molecule has 0 aliphatic heterocycles. The van der Waals surface area contributed by atoms with E-state index < -0.39 is 0 Å². The molecule has 4 N–H and O–H groups in total. The predicted molar refractivity (Wildman–Crippen MR) is 119 cm³/mol. The molecular formula is C23H18N6O2. The quantitative estimate of drug-likeness (QED) is 0.331. The van der Waals surface area contributed by atoms with Crippen molar-refractivity contribution >= 4 is 39.2 Å². The number of anilines is 2. The second-order valence-electron chi connectivity index (χ2n) is 7.04. The maximum atomic E-state index is 12.4. The highest BCUT2D eigenvalue weighted by molar-refractivity contribution is 6.10. The fraction of sp³-hybridized carbons (Fsp3) is 0.0435. The van der Waals surface area contributed by atoms with Crippen LogP contribution in [-0.2, 0) is 6.54 Å². The standard InChI is InChI=1S/C23H18N6O2/c30-22-16-9-5-4-8-15(16)20-17(10-11-24-21(20)27-22)26-19-12-18(28-29-19)23(31)25-13-14-6-2-1-3-7-14/h1-12H,13H2,(H,25,31)(H3,24,26,27,28,29,30). The molecule has 0 aliphatic carbocycles. The number of hydrogen-bond acceptors (Lipinski definition) is 5. The molecule has 1 amide bonds. The molecule has 31 heavy (non-hydrogen) atoms. The van der Waals surface area contributed by atoms with Crippen molar-refractivity contribution in [1.82, 2.24) is 25.5 Å². The number of carbonyl (C=O) groups excluding carboxylic acids is 1. The maximum absolute atomic E-state index is 12.4. The molecule has 3 aromatic heterocycles. The smallest absolute Gasteiger partial charge is 0.269 e. The van der Waals surface area contributed by atoms with Crippen LogP contribution in [0.1, 0.15) is 16.1 Å². The number of carbonyl (C=O) groups is 1. The zero-order chi connectivity index (χ0) is 21.2. The minimum Gasteiger partial charge on any atom is -0.347 e. The van der Waals surface area contributed by atoms with Gasteiger partial charge in [0.05, 0.1) is 5.69 Å². The van der Waals surface area contributed by atoms with Crippen molar-refractivity contribution in [3.8, 4) is 0 Å². The van der Waals surface area contributed by atoms with Gasteiger partial charge < -0.3 is 15.6 Å². The third-order valence-electron chi connectivity index (χ3n) is 5.01. The van der Waals surface area contributed by atoms with Crippen LogP contribution in [-0.4, -0.2) is 26.1 Å². The molecule has 0 spiro atoms. The van der Waals surface area contributed by atoms with Crippen molar-refractivity contribution in [1.29, 1.82) is 0 Å². The van der Waals surface area contributed by atoms with E-state index in [1.165, 1.54) is 0 Å². The molecule has 0 radical (unpaired) electrons. The SMILES string of the molecule is O=C(NCc1ccccc1)c1cc(Nc2ccnc3[nH]c(=O)c4ccccc4c23)n[nH]1. The first kappa shape index (κ1) is 18.6. The van der Waals surface area contributed by atoms with E-state index in [4.69, 9.17) is 0 Å². The van der Waals surface area contributed by atoms with Crippen molar-refractivity contribution in [3.63, 3.8) is 0 Å². The number of aromatic amines is 2. The van der Waals surface area contributed by atoms with E-state index in [0.29, 0.717) is 29.1 Å². The monoisotopic (exact) mass is 410 g/mol. The van der Waals surface area contributed by atoms with E-state index in [1.54, 1.807) is 24.4 Å². The number of pyridine rings is 2. The van der Waals surface area contributed by atoms with E-state index in [0.717, 1.165) is 22.0 Å². The summed E-state index contributed by atoms with van der Waals surface area (Å²) in [6.07, 6.45) is 1.61. The summed E-state index contributed by atoms with van der Waals surface area (Å²) in [7, 11) is 0. The highest BCUT2D eigenvalue weighted by Gasteiger charge is 2.13. The minimum absolute atomic E-state index is 0.190. The van der Waals surface area contributed by atoms with Gasteiger partial charge in [-0.2, -0.15) is 5.10 Å². The van der Waals surface area contributed by atoms with Crippen LogP contribution in [0.5, 0.6) is 0 Å². The summed E-state index contributed by atoms with van der Waals surface area (Å²) < 4.78 is 0. The molecule has 5 rings (SSSR count). The largest absolute Gasteiger partial charge is 0.347 e. The topological polar surface area (TPSA) is 116 Å². The van der Waals surface area contributed by atoms with Gasteiger partial charge in [-0.3, -0.25) is 14.7 Å². The summed E-state index contributed by atoms with van der Waals surface area (Å²) in [6, 6.07) is 20.5. The van der Waals surface area contributed by atoms with Crippen LogP contribution in [0.4, 0.5) is 11.5 Å². The number of nitrogens with zero attached hydrogens (tertiary/aromatic N) is 2. The zero-order valence-electron chi connectivity index (χ0n) is 16.3. The van der Waals surface area contributed by atoms with Gasteiger partial charge in [-0.05, 0) is 17.7 Å². The molecule has 0 fully saturated rings. The summed E-state index contributed by atoms with van der Waals surface area (Å²) in [6.45, 7) is 0.426. The number of rotatable bonds is 5. The van der Waals surface area contributed by atoms with E-state index in [9.17, 15) is 9.59 Å². The third-order valence-corrected chi connectivity index (χ3v) is 5.01. The summed E-state index contributed by atoms with van der Waals surface area (Å²) in [5, 5.41) is 15.2. The lowest BCUT2D eigenvalue weighted by molar-refractivity contribution is 0.0946. The number of H-pyrrole nitrogens is 2. The van der Waals surface area contributed by atoms with Crippen molar-refractivity contribution in [2.24, 2.45) is 0 Å². The van der Waals surface area contributed by atoms with Gasteiger partial charge in [-0.25, -0.2) is 4.98 Å². The first-order valence-corrected chi connectivity index (χ1v) is 9.73. The molecule has 0 unspecified atom stereocenters. The Labute approximate surface area is 176 Å². The van der Waals surface area contributed by atoms with Gasteiger partial charge in [0.25, 0.3) is 11.5 Å². The summed E-state index contributed by atoms with van der Waals surface area (Å²) in [4.78, 5) is 31.9. The number of nitrogens with one attached hydrogen (secondary N) is 4. The highest BCUT2D eigenvalue weighted by Crippen LogP contribution is 2.29. The van der Waals surface area contributed by atoms with Crippen molar-refractivity contribution in [3.05, 3.63) is 94.5 Å². The molecule has 0 saturated heterocycles. The normalized spacial score (nSPS) is 11.0. The van der Waals surface area contributed by atoms with Crippen LogP contribution in [0.25, 0.3) is 21.8 Å². The van der Waals surface area contributed by atoms with Crippen molar-refractivity contribution < 1.29 is 4.79 Å². The van der Waals surface area contributed by atoms with Crippen molar-refractivity contribution in [2.45, 2.75) is 6.54 Å². The van der Waals surface area contributed by atoms with Crippen LogP contribution in [0.15, 0.2) is 77.7 Å². The molecular weight excluding hydrogens is 392 g/mol. The number of fused-ring (bicyclic) bond motifs is 3. The van der Waals surface area contributed by atoms with Gasteiger partial charge in [0.2, 0.25) is 0 Å². The fourth-order valence-electron chi connectivity index (χ4n) is 3.52. The van der Waals surface area contributed by atoms with Crippen LogP contribution in [0, 0.1) is 0 Å². The average molecular weight is 410 g/mol. The van der Waals surface area contributed by atoms with Gasteiger partial charge in [-0.15, -0.1) is 0 Å². The molecule has 5 aromatic rings. The van der Waals surface area contributed by atoms with E-state index >= 15 is 0 Å². The summed E-state index contributed by atoms with van der Waals surface area (Å²) in [5.74, 6) is 0.228. The van der Waals surface area contributed by atoms with Gasteiger partial charge in [0.1, 0.15) is 11.3 Å². The Bertz CT molecular complexity index is 1460.